The van der Waals surface area contributed by atoms with Crippen LogP contribution >= 0.6 is 0 Å². The molecule has 0 aromatic carbocycles. The first kappa shape index (κ1) is 12.8. The van der Waals surface area contributed by atoms with E-state index in [1.807, 2.05) is 19.3 Å². The number of anilines is 2. The lowest BCUT2D eigenvalue weighted by Crippen LogP contribution is -2.43. The first-order valence-electron chi connectivity index (χ1n) is 6.79. The predicted octanol–water partition coefficient (Wildman–Crippen LogP) is 0.990. The van der Waals surface area contributed by atoms with Gasteiger partial charge in [0.25, 0.3) is 0 Å². The molecular weight excluding hydrogens is 252 g/mol. The molecule has 20 heavy (non-hydrogen) atoms. The Hall–Kier alpha value is -2.21. The molecule has 3 heterocycles. The Kier molecular flexibility index (Phi) is 3.73. The second-order valence-electron chi connectivity index (χ2n) is 4.68. The molecule has 6 nitrogen and oxygen atoms in total. The lowest BCUT2D eigenvalue weighted by Gasteiger charge is -2.28. The molecule has 2 aromatic heterocycles. The van der Waals surface area contributed by atoms with Crippen molar-refractivity contribution in [2.24, 2.45) is 0 Å². The molecule has 2 N–H and O–H groups in total. The molecule has 104 valence electrons. The van der Waals surface area contributed by atoms with E-state index in [9.17, 15) is 0 Å². The molecule has 0 amide bonds. The molecule has 1 fully saturated rings. The van der Waals surface area contributed by atoms with Crippen LogP contribution in [-0.4, -0.2) is 48.2 Å². The zero-order valence-corrected chi connectivity index (χ0v) is 11.5. The van der Waals surface area contributed by atoms with Crippen LogP contribution in [0.1, 0.15) is 0 Å². The molecule has 1 saturated heterocycles. The number of pyridine rings is 1. The SMILES string of the molecule is CNc1cc(-c2ccc(N3CCNCC3)nc2)ncn1. The predicted molar refractivity (Wildman–Crippen MR) is 79.9 cm³/mol. The van der Waals surface area contributed by atoms with Crippen LogP contribution in [0.4, 0.5) is 11.6 Å². The third-order valence-electron chi connectivity index (χ3n) is 3.41. The summed E-state index contributed by atoms with van der Waals surface area (Å²) in [7, 11) is 1.85. The number of hydrogen-bond donors (Lipinski definition) is 2. The van der Waals surface area contributed by atoms with Gasteiger partial charge < -0.3 is 15.5 Å². The van der Waals surface area contributed by atoms with Gasteiger partial charge in [-0.3, -0.25) is 0 Å². The van der Waals surface area contributed by atoms with Crippen molar-refractivity contribution in [2.45, 2.75) is 0 Å². The summed E-state index contributed by atoms with van der Waals surface area (Å²) < 4.78 is 0. The number of aromatic nitrogens is 3. The van der Waals surface area contributed by atoms with Gasteiger partial charge in [0, 0.05) is 51.1 Å². The van der Waals surface area contributed by atoms with E-state index in [4.69, 9.17) is 0 Å². The van der Waals surface area contributed by atoms with Crippen molar-refractivity contribution in [1.82, 2.24) is 20.3 Å². The molecule has 0 bridgehead atoms. The van der Waals surface area contributed by atoms with Crippen molar-refractivity contribution in [2.75, 3.05) is 43.4 Å². The van der Waals surface area contributed by atoms with Gasteiger partial charge in [0.05, 0.1) is 5.69 Å². The lowest BCUT2D eigenvalue weighted by molar-refractivity contribution is 0.585. The van der Waals surface area contributed by atoms with Crippen molar-refractivity contribution in [3.8, 4) is 11.3 Å². The van der Waals surface area contributed by atoms with E-state index < -0.39 is 0 Å². The summed E-state index contributed by atoms with van der Waals surface area (Å²) in [6.07, 6.45) is 3.44. The first-order chi connectivity index (χ1) is 9.86. The molecule has 2 aromatic rings. The third-order valence-corrected chi connectivity index (χ3v) is 3.41. The van der Waals surface area contributed by atoms with Gasteiger partial charge in [-0.05, 0) is 12.1 Å². The molecule has 0 unspecified atom stereocenters. The van der Waals surface area contributed by atoms with Gasteiger partial charge in [-0.1, -0.05) is 0 Å². The lowest BCUT2D eigenvalue weighted by atomic mass is 10.2. The summed E-state index contributed by atoms with van der Waals surface area (Å²) in [5.74, 6) is 1.83. The van der Waals surface area contributed by atoms with E-state index in [1.54, 1.807) is 6.33 Å². The van der Waals surface area contributed by atoms with Gasteiger partial charge in [-0.15, -0.1) is 0 Å². The zero-order valence-electron chi connectivity index (χ0n) is 11.5. The minimum atomic E-state index is 0.807. The van der Waals surface area contributed by atoms with Gasteiger partial charge in [-0.25, -0.2) is 15.0 Å². The maximum Gasteiger partial charge on any atom is 0.129 e. The van der Waals surface area contributed by atoms with Crippen LogP contribution in [0.15, 0.2) is 30.7 Å². The summed E-state index contributed by atoms with van der Waals surface area (Å²) in [5, 5.41) is 6.35. The molecule has 0 atom stereocenters. The Labute approximate surface area is 118 Å². The van der Waals surface area contributed by atoms with E-state index in [-0.39, 0.29) is 0 Å². The standard InChI is InChI=1S/C14H18N6/c1-15-13-8-12(18-10-19-13)11-2-3-14(17-9-11)20-6-4-16-5-7-20/h2-3,8-10,16H,4-7H2,1H3,(H,15,18,19). The minimum absolute atomic E-state index is 0.807. The molecule has 0 saturated carbocycles. The first-order valence-corrected chi connectivity index (χ1v) is 6.79. The Morgan fingerprint density at radius 1 is 1.15 bits per heavy atom. The summed E-state index contributed by atoms with van der Waals surface area (Å²) >= 11 is 0. The Balaban J connectivity index is 1.81. The monoisotopic (exact) mass is 270 g/mol. The van der Waals surface area contributed by atoms with Crippen LogP contribution in [-0.2, 0) is 0 Å². The van der Waals surface area contributed by atoms with Crippen molar-refractivity contribution in [3.05, 3.63) is 30.7 Å². The van der Waals surface area contributed by atoms with Crippen molar-refractivity contribution in [3.63, 3.8) is 0 Å². The topological polar surface area (TPSA) is 66.0 Å². The summed E-state index contributed by atoms with van der Waals surface area (Å²) in [4.78, 5) is 15.2. The fourth-order valence-electron chi connectivity index (χ4n) is 2.27. The number of hydrogen-bond acceptors (Lipinski definition) is 6. The second-order valence-corrected chi connectivity index (χ2v) is 4.68. The Bertz CT molecular complexity index is 562. The second kappa shape index (κ2) is 5.83. The average molecular weight is 270 g/mol. The molecule has 3 rings (SSSR count). The van der Waals surface area contributed by atoms with Crippen LogP contribution in [0, 0.1) is 0 Å². The fraction of sp³-hybridized carbons (Fsp3) is 0.357. The van der Waals surface area contributed by atoms with E-state index in [0.717, 1.165) is 49.1 Å². The number of rotatable bonds is 3. The van der Waals surface area contributed by atoms with Gasteiger partial charge in [0.1, 0.15) is 18.0 Å². The molecule has 0 spiro atoms. The van der Waals surface area contributed by atoms with Crippen molar-refractivity contribution < 1.29 is 0 Å². The highest BCUT2D eigenvalue weighted by Crippen LogP contribution is 2.20. The fourth-order valence-corrected chi connectivity index (χ4v) is 2.27. The highest BCUT2D eigenvalue weighted by atomic mass is 15.2. The van der Waals surface area contributed by atoms with Crippen molar-refractivity contribution in [1.29, 1.82) is 0 Å². The smallest absolute Gasteiger partial charge is 0.129 e. The molecule has 0 aliphatic carbocycles. The number of nitrogens with one attached hydrogen (secondary N) is 2. The van der Waals surface area contributed by atoms with E-state index in [1.165, 1.54) is 0 Å². The number of nitrogens with zero attached hydrogens (tertiary/aromatic N) is 4. The maximum atomic E-state index is 4.55. The Morgan fingerprint density at radius 3 is 2.70 bits per heavy atom. The summed E-state index contributed by atoms with van der Waals surface area (Å²) in [5.41, 5.74) is 1.88. The zero-order chi connectivity index (χ0) is 13.8. The minimum Gasteiger partial charge on any atom is -0.373 e. The van der Waals surface area contributed by atoms with Crippen LogP contribution in [0.2, 0.25) is 0 Å². The number of piperazine rings is 1. The Morgan fingerprint density at radius 2 is 2.00 bits per heavy atom. The highest BCUT2D eigenvalue weighted by Gasteiger charge is 2.11. The normalized spacial score (nSPS) is 15.2. The van der Waals surface area contributed by atoms with Crippen LogP contribution in [0.25, 0.3) is 11.3 Å². The van der Waals surface area contributed by atoms with Crippen LogP contribution < -0.4 is 15.5 Å². The average Bonchev–Trinajstić information content (AvgIpc) is 2.56. The maximum absolute atomic E-state index is 4.55. The van der Waals surface area contributed by atoms with E-state index in [2.05, 4.69) is 42.6 Å². The third kappa shape index (κ3) is 2.70. The van der Waals surface area contributed by atoms with Crippen molar-refractivity contribution >= 4 is 11.6 Å². The molecule has 1 aliphatic heterocycles. The van der Waals surface area contributed by atoms with Gasteiger partial charge in [0.15, 0.2) is 0 Å². The van der Waals surface area contributed by atoms with Gasteiger partial charge >= 0.3 is 0 Å². The summed E-state index contributed by atoms with van der Waals surface area (Å²) in [6.45, 7) is 4.04. The molecule has 1 aliphatic rings. The van der Waals surface area contributed by atoms with Gasteiger partial charge in [0.2, 0.25) is 0 Å². The van der Waals surface area contributed by atoms with Crippen LogP contribution in [0.3, 0.4) is 0 Å². The van der Waals surface area contributed by atoms with E-state index >= 15 is 0 Å². The molecular formula is C14H18N6. The highest BCUT2D eigenvalue weighted by molar-refractivity contribution is 5.62. The van der Waals surface area contributed by atoms with Crippen LogP contribution in [0.5, 0.6) is 0 Å². The molecule has 0 radical (unpaired) electrons. The largest absolute Gasteiger partial charge is 0.373 e. The van der Waals surface area contributed by atoms with Gasteiger partial charge in [-0.2, -0.15) is 0 Å². The summed E-state index contributed by atoms with van der Waals surface area (Å²) in [6, 6.07) is 6.04. The van der Waals surface area contributed by atoms with E-state index in [0.29, 0.717) is 0 Å². The molecule has 6 heteroatoms. The quantitative estimate of drug-likeness (QED) is 0.867.